The maximum Gasteiger partial charge on any atom is 0.325 e. The fourth-order valence-electron chi connectivity index (χ4n) is 2.45. The molecular formula is C16H21FN2O4. The maximum absolute atomic E-state index is 13.0. The number of ether oxygens (including phenoxy) is 2. The lowest BCUT2D eigenvalue weighted by atomic mass is 10.1. The lowest BCUT2D eigenvalue weighted by Gasteiger charge is -2.36. The minimum atomic E-state index is -0.489. The first-order valence-corrected chi connectivity index (χ1v) is 7.47. The number of esters is 1. The van der Waals surface area contributed by atoms with Gasteiger partial charge in [-0.15, -0.1) is 0 Å². The van der Waals surface area contributed by atoms with E-state index in [-0.39, 0.29) is 24.4 Å². The molecule has 1 aromatic carbocycles. The van der Waals surface area contributed by atoms with Gasteiger partial charge in [0.05, 0.1) is 25.9 Å². The highest BCUT2D eigenvalue weighted by Gasteiger charge is 2.28. The summed E-state index contributed by atoms with van der Waals surface area (Å²) in [5.41, 5.74) is 0.873. The van der Waals surface area contributed by atoms with Crippen molar-refractivity contribution in [1.29, 1.82) is 0 Å². The molecule has 0 unspecified atom stereocenters. The van der Waals surface area contributed by atoms with Crippen LogP contribution in [-0.4, -0.2) is 56.2 Å². The number of morpholine rings is 1. The largest absolute Gasteiger partial charge is 0.468 e. The molecule has 0 aromatic heterocycles. The molecule has 1 aliphatic heterocycles. The Labute approximate surface area is 134 Å². The summed E-state index contributed by atoms with van der Waals surface area (Å²) in [7, 11) is 1.27. The number of rotatable bonds is 5. The van der Waals surface area contributed by atoms with E-state index in [4.69, 9.17) is 4.74 Å². The van der Waals surface area contributed by atoms with E-state index in [0.717, 1.165) is 5.56 Å². The molecule has 0 saturated carbocycles. The predicted octanol–water partition coefficient (Wildman–Crippen LogP) is 0.877. The van der Waals surface area contributed by atoms with Crippen molar-refractivity contribution < 1.29 is 23.5 Å². The van der Waals surface area contributed by atoms with E-state index in [1.165, 1.54) is 19.2 Å². The van der Waals surface area contributed by atoms with Crippen LogP contribution in [-0.2, 0) is 19.1 Å². The number of carbonyl (C=O) groups excluding carboxylic acids is 2. The highest BCUT2D eigenvalue weighted by Crippen LogP contribution is 2.23. The Bertz CT molecular complexity index is 550. The van der Waals surface area contributed by atoms with Gasteiger partial charge in [-0.2, -0.15) is 0 Å². The Morgan fingerprint density at radius 1 is 1.43 bits per heavy atom. The smallest absolute Gasteiger partial charge is 0.325 e. The van der Waals surface area contributed by atoms with Crippen molar-refractivity contribution in [2.24, 2.45) is 0 Å². The molecule has 2 atom stereocenters. The summed E-state index contributed by atoms with van der Waals surface area (Å²) in [4.78, 5) is 25.2. The molecule has 1 aliphatic rings. The average molecular weight is 324 g/mol. The maximum atomic E-state index is 13.0. The summed E-state index contributed by atoms with van der Waals surface area (Å²) < 4.78 is 23.2. The fraction of sp³-hybridized carbons (Fsp3) is 0.500. The van der Waals surface area contributed by atoms with Crippen LogP contribution in [0.2, 0.25) is 0 Å². The molecule has 1 saturated heterocycles. The number of hydrogen-bond acceptors (Lipinski definition) is 5. The van der Waals surface area contributed by atoms with Crippen LogP contribution in [0.3, 0.4) is 0 Å². The van der Waals surface area contributed by atoms with Crippen LogP contribution in [0, 0.1) is 5.82 Å². The Morgan fingerprint density at radius 3 is 2.78 bits per heavy atom. The van der Waals surface area contributed by atoms with E-state index in [9.17, 15) is 14.0 Å². The molecule has 1 amide bonds. The minimum absolute atomic E-state index is 0.147. The number of carbonyl (C=O) groups is 2. The summed E-state index contributed by atoms with van der Waals surface area (Å²) in [6.07, 6.45) is -0.208. The lowest BCUT2D eigenvalue weighted by Crippen LogP contribution is -2.51. The molecule has 1 fully saturated rings. The van der Waals surface area contributed by atoms with E-state index in [0.29, 0.717) is 19.7 Å². The second-order valence-corrected chi connectivity index (χ2v) is 5.38. The molecule has 1 aromatic rings. The summed E-state index contributed by atoms with van der Waals surface area (Å²) in [6, 6.07) is 5.76. The van der Waals surface area contributed by atoms with Gasteiger partial charge in [-0.25, -0.2) is 4.39 Å². The second kappa shape index (κ2) is 8.03. The van der Waals surface area contributed by atoms with Gasteiger partial charge in [0.15, 0.2) is 0 Å². The lowest BCUT2D eigenvalue weighted by molar-refractivity contribution is -0.142. The zero-order valence-corrected chi connectivity index (χ0v) is 13.3. The SMILES string of the molecule is COC(=O)CNC(=O)[C@@H](C)N1CCO[C@H](c2ccc(F)cc2)C1. The Balaban J connectivity index is 1.93. The number of nitrogens with one attached hydrogen (secondary N) is 1. The Morgan fingerprint density at radius 2 is 2.13 bits per heavy atom. The van der Waals surface area contributed by atoms with E-state index in [1.807, 2.05) is 4.90 Å². The molecule has 0 aliphatic carbocycles. The van der Waals surface area contributed by atoms with Crippen LogP contribution < -0.4 is 5.32 Å². The van der Waals surface area contributed by atoms with Gasteiger partial charge >= 0.3 is 5.97 Å². The van der Waals surface area contributed by atoms with Crippen LogP contribution in [0.15, 0.2) is 24.3 Å². The van der Waals surface area contributed by atoms with Crippen LogP contribution in [0.5, 0.6) is 0 Å². The van der Waals surface area contributed by atoms with Gasteiger partial charge in [-0.05, 0) is 24.6 Å². The Kier molecular flexibility index (Phi) is 6.06. The van der Waals surface area contributed by atoms with Gasteiger partial charge in [0.2, 0.25) is 5.91 Å². The van der Waals surface area contributed by atoms with E-state index in [1.54, 1.807) is 19.1 Å². The minimum Gasteiger partial charge on any atom is -0.468 e. The van der Waals surface area contributed by atoms with Crippen molar-refractivity contribution in [3.05, 3.63) is 35.6 Å². The van der Waals surface area contributed by atoms with E-state index in [2.05, 4.69) is 10.1 Å². The summed E-state index contributed by atoms with van der Waals surface area (Å²) in [6.45, 7) is 3.25. The summed E-state index contributed by atoms with van der Waals surface area (Å²) in [5, 5.41) is 2.55. The van der Waals surface area contributed by atoms with E-state index >= 15 is 0 Å². The predicted molar refractivity (Wildman–Crippen MR) is 81.2 cm³/mol. The zero-order valence-electron chi connectivity index (χ0n) is 13.3. The highest BCUT2D eigenvalue weighted by atomic mass is 19.1. The van der Waals surface area contributed by atoms with Crippen LogP contribution >= 0.6 is 0 Å². The molecule has 0 bridgehead atoms. The third-order valence-electron chi connectivity index (χ3n) is 3.90. The van der Waals surface area contributed by atoms with Crippen molar-refractivity contribution in [2.45, 2.75) is 19.1 Å². The zero-order chi connectivity index (χ0) is 16.8. The van der Waals surface area contributed by atoms with Crippen molar-refractivity contribution in [1.82, 2.24) is 10.2 Å². The number of methoxy groups -OCH3 is 1. The molecule has 7 heteroatoms. The average Bonchev–Trinajstić information content (AvgIpc) is 2.59. The van der Waals surface area contributed by atoms with Gasteiger partial charge in [0.25, 0.3) is 0 Å². The third-order valence-corrected chi connectivity index (χ3v) is 3.90. The van der Waals surface area contributed by atoms with Crippen molar-refractivity contribution >= 4 is 11.9 Å². The summed E-state index contributed by atoms with van der Waals surface area (Å²) in [5.74, 6) is -1.02. The molecule has 1 heterocycles. The van der Waals surface area contributed by atoms with Gasteiger partial charge in [0, 0.05) is 13.1 Å². The molecule has 0 radical (unpaired) electrons. The van der Waals surface area contributed by atoms with Crippen molar-refractivity contribution in [3.63, 3.8) is 0 Å². The number of halogens is 1. The van der Waals surface area contributed by atoms with Gasteiger partial charge in [0.1, 0.15) is 12.4 Å². The van der Waals surface area contributed by atoms with Gasteiger partial charge in [-0.1, -0.05) is 12.1 Å². The Hall–Kier alpha value is -1.99. The van der Waals surface area contributed by atoms with Gasteiger partial charge in [-0.3, -0.25) is 14.5 Å². The normalized spacial score (nSPS) is 19.9. The standard InChI is InChI=1S/C16H21FN2O4/c1-11(16(21)18-9-15(20)22-2)19-7-8-23-14(10-19)12-3-5-13(17)6-4-12/h3-6,11,14H,7-10H2,1-2H3,(H,18,21)/t11-,14+/m1/s1. The first-order chi connectivity index (χ1) is 11.0. The molecule has 6 nitrogen and oxygen atoms in total. The molecular weight excluding hydrogens is 303 g/mol. The van der Waals surface area contributed by atoms with Crippen LogP contribution in [0.25, 0.3) is 0 Å². The van der Waals surface area contributed by atoms with Crippen LogP contribution in [0.4, 0.5) is 4.39 Å². The topological polar surface area (TPSA) is 67.9 Å². The highest BCUT2D eigenvalue weighted by molar-refractivity contribution is 5.85. The molecule has 2 rings (SSSR count). The van der Waals surface area contributed by atoms with Crippen molar-refractivity contribution in [3.8, 4) is 0 Å². The molecule has 23 heavy (non-hydrogen) atoms. The first-order valence-electron chi connectivity index (χ1n) is 7.47. The summed E-state index contributed by atoms with van der Waals surface area (Å²) >= 11 is 0. The first kappa shape index (κ1) is 17.4. The molecule has 1 N–H and O–H groups in total. The molecule has 126 valence electrons. The van der Waals surface area contributed by atoms with Crippen molar-refractivity contribution in [2.75, 3.05) is 33.4 Å². The number of benzene rings is 1. The quantitative estimate of drug-likeness (QED) is 0.814. The number of nitrogens with zero attached hydrogens (tertiary/aromatic N) is 1. The van der Waals surface area contributed by atoms with Gasteiger partial charge < -0.3 is 14.8 Å². The monoisotopic (exact) mass is 324 g/mol. The van der Waals surface area contributed by atoms with E-state index < -0.39 is 12.0 Å². The molecule has 0 spiro atoms. The van der Waals surface area contributed by atoms with Crippen LogP contribution in [0.1, 0.15) is 18.6 Å². The second-order valence-electron chi connectivity index (χ2n) is 5.38. The number of hydrogen-bond donors (Lipinski definition) is 1. The number of amides is 1. The third kappa shape index (κ3) is 4.74. The fourth-order valence-corrected chi connectivity index (χ4v) is 2.45.